The van der Waals surface area contributed by atoms with Crippen molar-refractivity contribution < 1.29 is 14.3 Å². The molecule has 0 unspecified atom stereocenters. The lowest BCUT2D eigenvalue weighted by molar-refractivity contribution is 0.102. The number of benzene rings is 2. The van der Waals surface area contributed by atoms with Crippen LogP contribution in [-0.4, -0.2) is 42.4 Å². The van der Waals surface area contributed by atoms with Gasteiger partial charge in [0.2, 0.25) is 5.13 Å². The van der Waals surface area contributed by atoms with Gasteiger partial charge in [-0.2, -0.15) is 5.26 Å². The van der Waals surface area contributed by atoms with Gasteiger partial charge in [0.05, 0.1) is 36.1 Å². The van der Waals surface area contributed by atoms with E-state index >= 15 is 0 Å². The van der Waals surface area contributed by atoms with Crippen molar-refractivity contribution in [3.05, 3.63) is 64.2 Å². The summed E-state index contributed by atoms with van der Waals surface area (Å²) in [6, 6.07) is 14.4. The Morgan fingerprint density at radius 3 is 2.74 bits per heavy atom. The third-order valence-corrected chi connectivity index (χ3v) is 5.63. The quantitative estimate of drug-likeness (QED) is 0.604. The zero-order chi connectivity index (χ0) is 21.6. The monoisotopic (exact) mass is 455 g/mol. The number of carbonyl (C=O) groups is 1. The number of rotatable bonds is 6. The van der Waals surface area contributed by atoms with Crippen LogP contribution in [0, 0.1) is 11.3 Å². The van der Waals surface area contributed by atoms with Crippen molar-refractivity contribution >= 4 is 39.7 Å². The Kier molecular flexibility index (Phi) is 6.62. The molecule has 0 saturated carbocycles. The number of halogens is 1. The number of nitrogens with one attached hydrogen (secondary N) is 1. The van der Waals surface area contributed by atoms with Crippen LogP contribution in [0.4, 0.5) is 10.8 Å². The van der Waals surface area contributed by atoms with Crippen molar-refractivity contribution in [3.63, 3.8) is 0 Å². The van der Waals surface area contributed by atoms with Gasteiger partial charge in [0.1, 0.15) is 6.61 Å². The molecule has 0 spiro atoms. The van der Waals surface area contributed by atoms with Crippen LogP contribution in [0.25, 0.3) is 0 Å². The molecule has 2 heterocycles. The van der Waals surface area contributed by atoms with Gasteiger partial charge in [-0.05, 0) is 47.2 Å². The van der Waals surface area contributed by atoms with Crippen molar-refractivity contribution in [1.29, 1.82) is 5.26 Å². The van der Waals surface area contributed by atoms with E-state index in [1.807, 2.05) is 17.0 Å². The van der Waals surface area contributed by atoms with Gasteiger partial charge in [-0.3, -0.25) is 10.1 Å². The molecule has 8 nitrogen and oxygen atoms in total. The minimum Gasteiger partial charge on any atom is -0.464 e. The SMILES string of the molecule is N#Cc1ccc(C(=O)Nc2nnc(OCc3ccc(Cl)cc3)s2)c(N2CCOCC2)c1. The van der Waals surface area contributed by atoms with E-state index in [-0.39, 0.29) is 5.91 Å². The highest BCUT2D eigenvalue weighted by Crippen LogP contribution is 2.27. The summed E-state index contributed by atoms with van der Waals surface area (Å²) in [7, 11) is 0. The molecule has 4 rings (SSSR count). The fourth-order valence-corrected chi connectivity index (χ4v) is 3.78. The maximum atomic E-state index is 12.9. The first-order valence-corrected chi connectivity index (χ1v) is 10.7. The summed E-state index contributed by atoms with van der Waals surface area (Å²) < 4.78 is 11.0. The fraction of sp³-hybridized carbons (Fsp3) is 0.238. The van der Waals surface area contributed by atoms with E-state index in [0.717, 1.165) is 16.9 Å². The van der Waals surface area contributed by atoms with Crippen LogP contribution in [0.15, 0.2) is 42.5 Å². The lowest BCUT2D eigenvalue weighted by Crippen LogP contribution is -2.37. The van der Waals surface area contributed by atoms with Gasteiger partial charge in [-0.25, -0.2) is 0 Å². The number of carbonyl (C=O) groups excluding carboxylic acids is 1. The minimum absolute atomic E-state index is 0.316. The number of nitrogens with zero attached hydrogens (tertiary/aromatic N) is 4. The van der Waals surface area contributed by atoms with E-state index in [1.165, 1.54) is 0 Å². The van der Waals surface area contributed by atoms with Gasteiger partial charge in [-0.1, -0.05) is 28.8 Å². The van der Waals surface area contributed by atoms with Crippen LogP contribution >= 0.6 is 22.9 Å². The number of hydrogen-bond acceptors (Lipinski definition) is 8. The molecule has 31 heavy (non-hydrogen) atoms. The molecule has 1 fully saturated rings. The first-order chi connectivity index (χ1) is 15.1. The van der Waals surface area contributed by atoms with E-state index in [9.17, 15) is 10.1 Å². The Bertz CT molecular complexity index is 1110. The first-order valence-electron chi connectivity index (χ1n) is 9.51. The van der Waals surface area contributed by atoms with Crippen molar-refractivity contribution in [2.45, 2.75) is 6.61 Å². The number of amides is 1. The number of nitriles is 1. The fourth-order valence-electron chi connectivity index (χ4n) is 3.07. The molecule has 1 aliphatic heterocycles. The van der Waals surface area contributed by atoms with Gasteiger partial charge >= 0.3 is 0 Å². The van der Waals surface area contributed by atoms with Crippen LogP contribution in [0.3, 0.4) is 0 Å². The summed E-state index contributed by atoms with van der Waals surface area (Å²) in [5.74, 6) is -0.327. The lowest BCUT2D eigenvalue weighted by atomic mass is 10.1. The molecule has 10 heteroatoms. The maximum Gasteiger partial charge on any atom is 0.296 e. The van der Waals surface area contributed by atoms with E-state index in [2.05, 4.69) is 21.6 Å². The summed E-state index contributed by atoms with van der Waals surface area (Å²) in [6.07, 6.45) is 0. The summed E-state index contributed by atoms with van der Waals surface area (Å²) >= 11 is 7.02. The largest absolute Gasteiger partial charge is 0.464 e. The Balaban J connectivity index is 1.45. The normalized spacial score (nSPS) is 13.5. The Hall–Kier alpha value is -3.19. The topological polar surface area (TPSA) is 100 Å². The molecule has 2 aromatic carbocycles. The van der Waals surface area contributed by atoms with Gasteiger partial charge in [0.25, 0.3) is 11.1 Å². The van der Waals surface area contributed by atoms with Gasteiger partial charge in [0.15, 0.2) is 0 Å². The van der Waals surface area contributed by atoms with Crippen molar-refractivity contribution in [3.8, 4) is 11.3 Å². The van der Waals surface area contributed by atoms with Crippen LogP contribution < -0.4 is 15.0 Å². The summed E-state index contributed by atoms with van der Waals surface area (Å²) in [6.45, 7) is 2.76. The second-order valence-electron chi connectivity index (χ2n) is 6.69. The van der Waals surface area contributed by atoms with Crippen LogP contribution in [0.5, 0.6) is 5.19 Å². The van der Waals surface area contributed by atoms with E-state index < -0.39 is 0 Å². The lowest BCUT2D eigenvalue weighted by Gasteiger charge is -2.30. The molecular formula is C21H18ClN5O3S. The molecule has 1 aromatic heterocycles. The zero-order valence-corrected chi connectivity index (χ0v) is 17.9. The molecule has 1 saturated heterocycles. The van der Waals surface area contributed by atoms with Crippen LogP contribution in [-0.2, 0) is 11.3 Å². The van der Waals surface area contributed by atoms with E-state index in [1.54, 1.807) is 30.3 Å². The molecule has 0 bridgehead atoms. The average Bonchev–Trinajstić information content (AvgIpc) is 3.26. The second-order valence-corrected chi connectivity index (χ2v) is 8.06. The summed E-state index contributed by atoms with van der Waals surface area (Å²) in [5.41, 5.74) is 2.59. The number of anilines is 2. The number of ether oxygens (including phenoxy) is 2. The molecule has 3 aromatic rings. The third-order valence-electron chi connectivity index (χ3n) is 4.63. The predicted molar refractivity (Wildman–Crippen MR) is 118 cm³/mol. The van der Waals surface area contributed by atoms with Crippen molar-refractivity contribution in [2.75, 3.05) is 36.5 Å². The molecule has 1 N–H and O–H groups in total. The average molecular weight is 456 g/mol. The highest BCUT2D eigenvalue weighted by molar-refractivity contribution is 7.17. The Morgan fingerprint density at radius 1 is 1.23 bits per heavy atom. The zero-order valence-electron chi connectivity index (χ0n) is 16.4. The molecule has 0 radical (unpaired) electrons. The molecule has 0 atom stereocenters. The van der Waals surface area contributed by atoms with Gasteiger partial charge < -0.3 is 14.4 Å². The Labute approximate surface area is 188 Å². The second kappa shape index (κ2) is 9.75. The van der Waals surface area contributed by atoms with E-state index in [0.29, 0.717) is 65.1 Å². The molecule has 158 valence electrons. The third kappa shape index (κ3) is 5.30. The van der Waals surface area contributed by atoms with Crippen LogP contribution in [0.1, 0.15) is 21.5 Å². The summed E-state index contributed by atoms with van der Waals surface area (Å²) in [4.78, 5) is 15.0. The Morgan fingerprint density at radius 2 is 2.00 bits per heavy atom. The van der Waals surface area contributed by atoms with Crippen molar-refractivity contribution in [1.82, 2.24) is 10.2 Å². The number of aromatic nitrogens is 2. The molecule has 1 amide bonds. The van der Waals surface area contributed by atoms with Gasteiger partial charge in [-0.15, -0.1) is 5.10 Å². The predicted octanol–water partition coefficient (Wildman–Crippen LogP) is 3.73. The highest BCUT2D eigenvalue weighted by atomic mass is 35.5. The molecular weight excluding hydrogens is 438 g/mol. The van der Waals surface area contributed by atoms with Crippen LogP contribution in [0.2, 0.25) is 5.02 Å². The smallest absolute Gasteiger partial charge is 0.296 e. The summed E-state index contributed by atoms with van der Waals surface area (Å²) in [5, 5.41) is 21.3. The standard InChI is InChI=1S/C21H18ClN5O3S/c22-16-4-1-14(2-5-16)13-30-21-26-25-20(31-21)24-19(28)17-6-3-15(12-23)11-18(17)27-7-9-29-10-8-27/h1-6,11H,7-10,13H2,(H,24,25,28). The minimum atomic E-state index is -0.327. The number of morpholine rings is 1. The van der Waals surface area contributed by atoms with Crippen molar-refractivity contribution in [2.24, 2.45) is 0 Å². The molecule has 0 aliphatic carbocycles. The van der Waals surface area contributed by atoms with Gasteiger partial charge in [0, 0.05) is 18.1 Å². The van der Waals surface area contributed by atoms with E-state index in [4.69, 9.17) is 21.1 Å². The first kappa shape index (κ1) is 21.1. The highest BCUT2D eigenvalue weighted by Gasteiger charge is 2.21. The maximum absolute atomic E-state index is 12.9. The molecule has 1 aliphatic rings. The number of hydrogen-bond donors (Lipinski definition) is 1.